The van der Waals surface area contributed by atoms with Crippen LogP contribution in [0.2, 0.25) is 0 Å². The molecule has 0 aromatic rings. The lowest BCUT2D eigenvalue weighted by Crippen LogP contribution is -2.67. The summed E-state index contributed by atoms with van der Waals surface area (Å²) in [5.74, 6) is 1.14. The van der Waals surface area contributed by atoms with Crippen LogP contribution in [0, 0.1) is 22.7 Å². The third-order valence-corrected chi connectivity index (χ3v) is 4.97. The van der Waals surface area contributed by atoms with E-state index in [1.165, 1.54) is 12.8 Å². The number of amides is 1. The maximum Gasteiger partial charge on any atom is 0.224 e. The second-order valence-electron chi connectivity index (χ2n) is 5.44. The summed E-state index contributed by atoms with van der Waals surface area (Å²) in [6.45, 7) is 6.60. The molecule has 14 heavy (non-hydrogen) atoms. The molecule has 3 aliphatic rings. The number of hydrogen-bond donors (Lipinski definition) is 1. The van der Waals surface area contributed by atoms with Crippen molar-refractivity contribution < 1.29 is 4.79 Å². The first-order valence-electron chi connectivity index (χ1n) is 5.23. The van der Waals surface area contributed by atoms with Crippen molar-refractivity contribution in [3.63, 3.8) is 0 Å². The summed E-state index contributed by atoms with van der Waals surface area (Å²) in [7, 11) is 0. The maximum absolute atomic E-state index is 11.6. The monoisotopic (exact) mass is 217 g/mol. The van der Waals surface area contributed by atoms with Crippen molar-refractivity contribution in [3.05, 3.63) is 0 Å². The Morgan fingerprint density at radius 3 is 2.21 bits per heavy atom. The Morgan fingerprint density at radius 2 is 1.93 bits per heavy atom. The van der Waals surface area contributed by atoms with Gasteiger partial charge in [-0.05, 0) is 36.5 Å². The molecule has 0 spiro atoms. The van der Waals surface area contributed by atoms with Crippen LogP contribution in [0.5, 0.6) is 0 Å². The van der Waals surface area contributed by atoms with Crippen LogP contribution in [0.1, 0.15) is 40.0 Å². The van der Waals surface area contributed by atoms with E-state index in [0.29, 0.717) is 5.92 Å². The van der Waals surface area contributed by atoms with Gasteiger partial charge in [-0.3, -0.25) is 4.79 Å². The van der Waals surface area contributed by atoms with E-state index in [4.69, 9.17) is 5.73 Å². The van der Waals surface area contributed by atoms with Crippen molar-refractivity contribution in [2.75, 3.05) is 0 Å². The highest BCUT2D eigenvalue weighted by atomic mass is 35.5. The summed E-state index contributed by atoms with van der Waals surface area (Å²) in [5, 5.41) is 0. The molecular weight excluding hydrogens is 198 g/mol. The van der Waals surface area contributed by atoms with E-state index in [1.807, 2.05) is 0 Å². The second-order valence-corrected chi connectivity index (χ2v) is 5.44. The van der Waals surface area contributed by atoms with Gasteiger partial charge in [0.2, 0.25) is 5.91 Å². The van der Waals surface area contributed by atoms with Gasteiger partial charge < -0.3 is 5.73 Å². The molecule has 3 aliphatic carbocycles. The molecule has 0 radical (unpaired) electrons. The molecule has 3 atom stereocenters. The molecule has 0 aromatic heterocycles. The summed E-state index contributed by atoms with van der Waals surface area (Å²) in [5.41, 5.74) is 5.53. The van der Waals surface area contributed by atoms with Crippen LogP contribution in [0.15, 0.2) is 0 Å². The lowest BCUT2D eigenvalue weighted by atomic mass is 9.36. The van der Waals surface area contributed by atoms with Gasteiger partial charge >= 0.3 is 0 Å². The molecule has 0 heterocycles. The Kier molecular flexibility index (Phi) is 2.64. The summed E-state index contributed by atoms with van der Waals surface area (Å²) >= 11 is 0. The highest BCUT2D eigenvalue weighted by Crippen LogP contribution is 2.69. The molecule has 0 aliphatic heterocycles. The standard InChI is InChI=1S/C11H19NO.ClH/c1-7-4-5-8-6-11(7,9(12)13)10(8,2)3;/h7-8H,4-6H2,1-3H3,(H2,12,13);1H/t7-,8+,11+;/m0./s1. The molecule has 82 valence electrons. The van der Waals surface area contributed by atoms with Crippen LogP contribution in [-0.4, -0.2) is 5.91 Å². The van der Waals surface area contributed by atoms with Crippen molar-refractivity contribution in [1.29, 1.82) is 0 Å². The summed E-state index contributed by atoms with van der Waals surface area (Å²) in [4.78, 5) is 11.6. The molecule has 0 unspecified atom stereocenters. The van der Waals surface area contributed by atoms with Gasteiger partial charge in [-0.15, -0.1) is 12.4 Å². The maximum atomic E-state index is 11.6. The highest BCUT2D eigenvalue weighted by Gasteiger charge is 2.67. The first-order chi connectivity index (χ1) is 5.93. The minimum atomic E-state index is -0.185. The number of halogens is 1. The van der Waals surface area contributed by atoms with Gasteiger partial charge in [0.15, 0.2) is 0 Å². The quantitative estimate of drug-likeness (QED) is 0.720. The first kappa shape index (κ1) is 11.8. The lowest BCUT2D eigenvalue weighted by Gasteiger charge is -2.66. The predicted octanol–water partition coefficient (Wildman–Crippen LogP) is 2.36. The van der Waals surface area contributed by atoms with Crippen LogP contribution >= 0.6 is 12.4 Å². The van der Waals surface area contributed by atoms with Gasteiger partial charge in [0.25, 0.3) is 0 Å². The van der Waals surface area contributed by atoms with Crippen LogP contribution in [-0.2, 0) is 4.79 Å². The average Bonchev–Trinajstić information content (AvgIpc) is 2.02. The number of carbonyl (C=O) groups is 1. The minimum Gasteiger partial charge on any atom is -0.369 e. The largest absolute Gasteiger partial charge is 0.369 e. The molecule has 3 rings (SSSR count). The molecule has 2 nitrogen and oxygen atoms in total. The topological polar surface area (TPSA) is 43.1 Å². The fraction of sp³-hybridized carbons (Fsp3) is 0.909. The molecule has 3 fully saturated rings. The molecule has 0 aromatic carbocycles. The average molecular weight is 218 g/mol. The van der Waals surface area contributed by atoms with Gasteiger partial charge in [0, 0.05) is 0 Å². The van der Waals surface area contributed by atoms with E-state index in [1.54, 1.807) is 0 Å². The lowest BCUT2D eigenvalue weighted by molar-refractivity contribution is -0.198. The highest BCUT2D eigenvalue weighted by molar-refractivity contribution is 5.85. The number of nitrogens with two attached hydrogens (primary N) is 1. The fourth-order valence-electron chi connectivity index (χ4n) is 3.80. The Labute approximate surface area is 92.0 Å². The van der Waals surface area contributed by atoms with Crippen LogP contribution in [0.25, 0.3) is 0 Å². The first-order valence-corrected chi connectivity index (χ1v) is 5.23. The normalized spacial score (nSPS) is 43.4. The van der Waals surface area contributed by atoms with Gasteiger partial charge in [0.1, 0.15) is 0 Å². The molecule has 2 N–H and O–H groups in total. The van der Waals surface area contributed by atoms with Gasteiger partial charge in [0.05, 0.1) is 5.41 Å². The number of fused-ring (bicyclic) bond motifs is 2. The van der Waals surface area contributed by atoms with Crippen molar-refractivity contribution in [1.82, 2.24) is 0 Å². The third kappa shape index (κ3) is 1.01. The van der Waals surface area contributed by atoms with Gasteiger partial charge in [-0.2, -0.15) is 0 Å². The van der Waals surface area contributed by atoms with Crippen LogP contribution < -0.4 is 5.73 Å². The van der Waals surface area contributed by atoms with Crippen LogP contribution in [0.3, 0.4) is 0 Å². The molecule has 0 saturated heterocycles. The fourth-order valence-corrected chi connectivity index (χ4v) is 3.80. The zero-order chi connectivity index (χ0) is 9.85. The summed E-state index contributed by atoms with van der Waals surface area (Å²) in [6, 6.07) is 0. The van der Waals surface area contributed by atoms with Crippen molar-refractivity contribution in [2.45, 2.75) is 40.0 Å². The summed E-state index contributed by atoms with van der Waals surface area (Å²) in [6.07, 6.45) is 3.50. The Balaban J connectivity index is 0.000000980. The second kappa shape index (κ2) is 3.13. The number of hydrogen-bond acceptors (Lipinski definition) is 1. The number of rotatable bonds is 1. The minimum absolute atomic E-state index is 0. The predicted molar refractivity (Wildman–Crippen MR) is 59.2 cm³/mol. The van der Waals surface area contributed by atoms with Gasteiger partial charge in [-0.25, -0.2) is 0 Å². The SMILES string of the molecule is C[C@H]1CC[C@@H]2C[C@@]1(C(N)=O)C2(C)C.Cl. The molecule has 3 heteroatoms. The Morgan fingerprint density at radius 1 is 1.36 bits per heavy atom. The molecule has 1 amide bonds. The smallest absolute Gasteiger partial charge is 0.224 e. The van der Waals surface area contributed by atoms with E-state index in [-0.39, 0.29) is 29.1 Å². The van der Waals surface area contributed by atoms with E-state index in [9.17, 15) is 4.79 Å². The van der Waals surface area contributed by atoms with E-state index in [2.05, 4.69) is 20.8 Å². The van der Waals surface area contributed by atoms with E-state index in [0.717, 1.165) is 12.3 Å². The summed E-state index contributed by atoms with van der Waals surface area (Å²) < 4.78 is 0. The van der Waals surface area contributed by atoms with Crippen molar-refractivity contribution in [2.24, 2.45) is 28.4 Å². The zero-order valence-electron chi connectivity index (χ0n) is 9.17. The van der Waals surface area contributed by atoms with Crippen LogP contribution in [0.4, 0.5) is 0 Å². The van der Waals surface area contributed by atoms with Crippen molar-refractivity contribution in [3.8, 4) is 0 Å². The van der Waals surface area contributed by atoms with Crippen molar-refractivity contribution >= 4 is 18.3 Å². The van der Waals surface area contributed by atoms with E-state index < -0.39 is 0 Å². The number of primary amides is 1. The molecular formula is C11H20ClNO. The Hall–Kier alpha value is -0.240. The number of carbonyl (C=O) groups excluding carboxylic acids is 1. The zero-order valence-corrected chi connectivity index (χ0v) is 9.99. The third-order valence-electron chi connectivity index (χ3n) is 4.97. The van der Waals surface area contributed by atoms with Gasteiger partial charge in [-0.1, -0.05) is 20.8 Å². The molecule has 2 bridgehead atoms. The van der Waals surface area contributed by atoms with E-state index >= 15 is 0 Å². The molecule has 3 saturated carbocycles. The Bertz CT molecular complexity index is 264.